The second-order valence-electron chi connectivity index (χ2n) is 0.676. The fourth-order valence-electron chi connectivity index (χ4n) is 0. The first kappa shape index (κ1) is 23.4. The van der Waals surface area contributed by atoms with Gasteiger partial charge in [0.2, 0.25) is 0 Å². The fourth-order valence-corrected chi connectivity index (χ4v) is 0. The summed E-state index contributed by atoms with van der Waals surface area (Å²) in [5, 5.41) is -2.72. The van der Waals surface area contributed by atoms with Crippen LogP contribution in [0.3, 0.4) is 0 Å². The predicted molar refractivity (Wildman–Crippen MR) is 61.9 cm³/mol. The van der Waals surface area contributed by atoms with Gasteiger partial charge >= 0.3 is 10.3 Å². The van der Waals surface area contributed by atoms with E-state index in [9.17, 15) is 0 Å². The minimum absolute atomic E-state index is 0. The van der Waals surface area contributed by atoms with Gasteiger partial charge in [-0.05, 0) is 0 Å². The highest BCUT2D eigenvalue weighted by Crippen LogP contribution is 2.23. The van der Waals surface area contributed by atoms with Crippen LogP contribution in [-0.4, -0.2) is 10.3 Å². The maximum atomic E-state index is 4.97. The van der Waals surface area contributed by atoms with Crippen molar-refractivity contribution in [3.63, 3.8) is 0 Å². The molecule has 0 aromatic carbocycles. The highest BCUT2D eigenvalue weighted by molar-refractivity contribution is 7.81. The zero-order valence-electron chi connectivity index (χ0n) is 4.58. The Labute approximate surface area is 107 Å². The molecule has 0 N–H and O–H groups in total. The van der Waals surface area contributed by atoms with Crippen LogP contribution >= 0.6 is 91.1 Å². The maximum absolute atomic E-state index is 4.97. The van der Waals surface area contributed by atoms with Crippen LogP contribution in [-0.2, 0) is 0 Å². The van der Waals surface area contributed by atoms with Crippen LogP contribution in [0.15, 0.2) is 0 Å². The van der Waals surface area contributed by atoms with Gasteiger partial charge in [0, 0.05) is 6.15 Å². The van der Waals surface area contributed by atoms with Crippen molar-refractivity contribution in [1.82, 2.24) is 6.15 Å². The highest BCUT2D eigenvalue weighted by Gasteiger charge is 2.19. The van der Waals surface area contributed by atoms with Gasteiger partial charge in [-0.15, -0.1) is 56.7 Å². The van der Waals surface area contributed by atoms with Gasteiger partial charge in [-0.1, -0.05) is 0 Å². The first-order chi connectivity index (χ1) is 3.73. The molecule has 0 atom stereocenters. The summed E-state index contributed by atoms with van der Waals surface area (Å²) in [6.07, 6.45) is 0. The van der Waals surface area contributed by atoms with Crippen molar-refractivity contribution in [2.45, 2.75) is 0 Å². The molecule has 0 bridgehead atoms. The number of nitrogens with zero attached hydrogens (tertiary/aromatic N) is 1. The van der Waals surface area contributed by atoms with Gasteiger partial charge < -0.3 is 0 Å². The van der Waals surface area contributed by atoms with Crippen LogP contribution in [0.1, 0.15) is 0 Å². The van der Waals surface area contributed by atoms with Crippen molar-refractivity contribution in [2.75, 3.05) is 0 Å². The largest absolute Gasteiger partial charge is 0.450 e. The zero-order chi connectivity index (χ0) is 8.08. The van der Waals surface area contributed by atoms with E-state index in [4.69, 9.17) is 78.7 Å². The van der Waals surface area contributed by atoms with E-state index in [1.165, 1.54) is 0 Å². The lowest BCUT2D eigenvalue weighted by Crippen LogP contribution is -1.91. The molecule has 3 radical (unpaired) electrons. The van der Waals surface area contributed by atoms with Crippen LogP contribution in [0.2, 0.25) is 0 Å². The Bertz CT molecular complexity index is 50.8. The molecule has 0 aliphatic rings. The molecule has 0 amide bonds. The van der Waals surface area contributed by atoms with Crippen molar-refractivity contribution < 1.29 is 0 Å². The number of halogens is 8. The lowest BCUT2D eigenvalue weighted by molar-refractivity contribution is 2.13. The van der Waals surface area contributed by atoms with E-state index in [-0.39, 0.29) is 18.6 Å². The minimum atomic E-state index is -2.72. The Kier molecular flexibility index (Phi) is 26.7. The van der Waals surface area contributed by atoms with Crippen molar-refractivity contribution in [3.05, 3.63) is 0 Å². The predicted octanol–water partition coefficient (Wildman–Crippen LogP) is 4.01. The minimum Gasteiger partial charge on any atom is -0.150 e. The SMILES string of the molecule is Cl.ClB(Cl)Cl.Cl[Si](Cl)(Cl)Cl.[N]. The molecule has 0 spiro atoms. The van der Waals surface area contributed by atoms with E-state index >= 15 is 0 Å². The summed E-state index contributed by atoms with van der Waals surface area (Å²) in [7, 11) is 0. The van der Waals surface area contributed by atoms with Crippen LogP contribution in [0, 0.1) is 0 Å². The monoisotopic (exact) mass is 334 g/mol. The number of hydrogen-bond donors (Lipinski definition) is 0. The highest BCUT2D eigenvalue weighted by atomic mass is 36.0. The van der Waals surface area contributed by atoms with Gasteiger partial charge in [0.15, 0.2) is 0 Å². The standard InChI is InChI=1S/BCl3.Cl4Si.ClH.N/c2-1(3)4;1-5(2,3)4;;/h;;1H;. The third kappa shape index (κ3) is 214. The average Bonchev–Trinajstić information content (AvgIpc) is 1.19. The molecule has 1 nitrogen and oxygen atoms in total. The number of hydrogen-bond acceptors (Lipinski definition) is 0. The molecule has 0 aliphatic carbocycles. The normalized spacial score (nSPS) is 7.91. The molecule has 0 heterocycles. The third-order valence-electron chi connectivity index (χ3n) is 0. The van der Waals surface area contributed by atoms with Gasteiger partial charge in [-0.25, -0.2) is 0 Å². The summed E-state index contributed by atoms with van der Waals surface area (Å²) in [5.41, 5.74) is 0. The van der Waals surface area contributed by atoms with Crippen molar-refractivity contribution in [3.8, 4) is 0 Å². The molecule has 0 unspecified atom stereocenters. The third-order valence-corrected chi connectivity index (χ3v) is 0. The molecule has 11 heavy (non-hydrogen) atoms. The van der Waals surface area contributed by atoms with Gasteiger partial charge in [0.1, 0.15) is 0 Å². The van der Waals surface area contributed by atoms with Gasteiger partial charge in [0.25, 0.3) is 0 Å². The molecule has 0 saturated carbocycles. The maximum Gasteiger partial charge on any atom is 0.450 e. The lowest BCUT2D eigenvalue weighted by atomic mass is 10.7. The van der Waals surface area contributed by atoms with E-state index < -0.39 is 10.3 Å². The Balaban J connectivity index is -0.0000000383. The summed E-state index contributed by atoms with van der Waals surface area (Å²) < 4.78 is 0. The summed E-state index contributed by atoms with van der Waals surface area (Å²) in [5.74, 6) is 0. The van der Waals surface area contributed by atoms with Crippen molar-refractivity contribution >= 4 is 101 Å². The van der Waals surface area contributed by atoms with Gasteiger partial charge in [-0.3, -0.25) is 0 Å². The molecule has 0 aliphatic heterocycles. The Morgan fingerprint density at radius 1 is 0.818 bits per heavy atom. The van der Waals surface area contributed by atoms with Gasteiger partial charge in [0.05, 0.1) is 0 Å². The molecular formula is HBCl8NSi. The van der Waals surface area contributed by atoms with Crippen LogP contribution in [0.25, 0.3) is 0 Å². The van der Waals surface area contributed by atoms with E-state index in [0.29, 0.717) is 0 Å². The quantitative estimate of drug-likeness (QED) is 0.472. The molecule has 0 aromatic rings. The Morgan fingerprint density at radius 3 is 0.818 bits per heavy atom. The molecule has 69 valence electrons. The average molecular weight is 338 g/mol. The molecule has 0 aromatic heterocycles. The zero-order valence-corrected chi connectivity index (χ0v) is 11.7. The second kappa shape index (κ2) is 12.6. The summed E-state index contributed by atoms with van der Waals surface area (Å²) in [6.45, 7) is 0. The topological polar surface area (TPSA) is 30.5 Å². The van der Waals surface area contributed by atoms with Crippen LogP contribution in [0.5, 0.6) is 0 Å². The van der Waals surface area contributed by atoms with E-state index in [1.54, 1.807) is 0 Å². The first-order valence-corrected chi connectivity index (χ1v) is 8.77. The summed E-state index contributed by atoms with van der Waals surface area (Å²) >= 11 is 34.3. The summed E-state index contributed by atoms with van der Waals surface area (Å²) in [6, 6.07) is 0. The summed E-state index contributed by atoms with van der Waals surface area (Å²) in [4.78, 5) is -0.750. The smallest absolute Gasteiger partial charge is 0.150 e. The molecule has 0 fully saturated rings. The number of rotatable bonds is 0. The Hall–Kier alpha value is 2.56. The van der Waals surface area contributed by atoms with Crippen LogP contribution in [0.4, 0.5) is 0 Å². The molecule has 11 heteroatoms. The molecule has 0 saturated heterocycles. The molecule has 0 rings (SSSR count). The van der Waals surface area contributed by atoms with E-state index in [1.807, 2.05) is 0 Å². The Morgan fingerprint density at radius 2 is 0.818 bits per heavy atom. The molecular weight excluding hydrogens is 337 g/mol. The fraction of sp³-hybridized carbons (Fsp3) is 0. The van der Waals surface area contributed by atoms with Crippen molar-refractivity contribution in [2.24, 2.45) is 0 Å². The first-order valence-electron chi connectivity index (χ1n) is 1.41. The van der Waals surface area contributed by atoms with Crippen LogP contribution < -0.4 is 6.15 Å². The van der Waals surface area contributed by atoms with Gasteiger partial charge in [-0.2, -0.15) is 34.4 Å². The van der Waals surface area contributed by atoms with E-state index in [2.05, 4.69) is 0 Å². The lowest BCUT2D eigenvalue weighted by Gasteiger charge is -1.85. The second-order valence-corrected chi connectivity index (χ2v) is 13.8. The van der Waals surface area contributed by atoms with Crippen molar-refractivity contribution in [1.29, 1.82) is 0 Å². The van der Waals surface area contributed by atoms with E-state index in [0.717, 1.165) is 0 Å².